The fourth-order valence-electron chi connectivity index (χ4n) is 3.28. The van der Waals surface area contributed by atoms with Gasteiger partial charge in [-0.2, -0.15) is 0 Å². The van der Waals surface area contributed by atoms with Gasteiger partial charge in [-0.3, -0.25) is 9.69 Å². The van der Waals surface area contributed by atoms with Crippen molar-refractivity contribution >= 4 is 15.7 Å². The van der Waals surface area contributed by atoms with E-state index in [0.717, 1.165) is 12.8 Å². The molecule has 21 heavy (non-hydrogen) atoms. The van der Waals surface area contributed by atoms with Crippen LogP contribution in [0.15, 0.2) is 0 Å². The van der Waals surface area contributed by atoms with Crippen LogP contribution in [0.5, 0.6) is 0 Å². The third-order valence-corrected chi connectivity index (χ3v) is 6.43. The normalized spacial score (nSPS) is 30.5. The summed E-state index contributed by atoms with van der Waals surface area (Å²) < 4.78 is 23.3. The van der Waals surface area contributed by atoms with E-state index in [2.05, 4.69) is 10.2 Å². The predicted octanol–water partition coefficient (Wildman–Crippen LogP) is -0.120. The standard InChI is InChI=1S/C14H27N3O3S/c1-10(17-6-7-21(19,20)9-11(17)2)8-14(3,13(15)18)16-12-4-5-12/h10-12,16H,4-9H2,1-3H3,(H2,15,18). The van der Waals surface area contributed by atoms with Crippen molar-refractivity contribution in [2.75, 3.05) is 18.1 Å². The molecule has 1 saturated carbocycles. The Bertz CT molecular complexity index is 504. The van der Waals surface area contributed by atoms with E-state index in [1.54, 1.807) is 0 Å². The van der Waals surface area contributed by atoms with Crippen LogP contribution in [0, 0.1) is 0 Å². The van der Waals surface area contributed by atoms with Crippen molar-refractivity contribution in [2.45, 2.75) is 63.7 Å². The first-order chi connectivity index (χ1) is 9.63. The Morgan fingerprint density at radius 1 is 1.48 bits per heavy atom. The number of rotatable bonds is 6. The summed E-state index contributed by atoms with van der Waals surface area (Å²) in [4.78, 5) is 14.0. The van der Waals surface area contributed by atoms with E-state index in [1.165, 1.54) is 0 Å². The number of hydrogen-bond donors (Lipinski definition) is 2. The van der Waals surface area contributed by atoms with Crippen LogP contribution >= 0.6 is 0 Å². The first-order valence-corrected chi connectivity index (χ1v) is 9.49. The molecule has 1 aliphatic heterocycles. The van der Waals surface area contributed by atoms with Gasteiger partial charge in [0, 0.05) is 24.7 Å². The van der Waals surface area contributed by atoms with Crippen LogP contribution in [0.4, 0.5) is 0 Å². The van der Waals surface area contributed by atoms with Crippen LogP contribution in [-0.4, -0.2) is 60.9 Å². The van der Waals surface area contributed by atoms with Crippen LogP contribution in [0.25, 0.3) is 0 Å². The minimum Gasteiger partial charge on any atom is -0.368 e. The molecule has 2 aliphatic rings. The van der Waals surface area contributed by atoms with E-state index in [1.807, 2.05) is 20.8 Å². The Kier molecular flexibility index (Phi) is 4.66. The summed E-state index contributed by atoms with van der Waals surface area (Å²) in [6, 6.07) is 0.491. The Balaban J connectivity index is 2.01. The first-order valence-electron chi connectivity index (χ1n) is 7.67. The van der Waals surface area contributed by atoms with Gasteiger partial charge in [-0.05, 0) is 40.0 Å². The van der Waals surface area contributed by atoms with E-state index in [9.17, 15) is 13.2 Å². The van der Waals surface area contributed by atoms with E-state index < -0.39 is 15.4 Å². The monoisotopic (exact) mass is 317 g/mol. The van der Waals surface area contributed by atoms with Crippen molar-refractivity contribution in [1.82, 2.24) is 10.2 Å². The van der Waals surface area contributed by atoms with Gasteiger partial charge >= 0.3 is 0 Å². The van der Waals surface area contributed by atoms with Gasteiger partial charge in [-0.1, -0.05) is 0 Å². The van der Waals surface area contributed by atoms with E-state index in [4.69, 9.17) is 5.73 Å². The van der Waals surface area contributed by atoms with Crippen molar-refractivity contribution in [3.05, 3.63) is 0 Å². The molecule has 1 saturated heterocycles. The van der Waals surface area contributed by atoms with Crippen LogP contribution < -0.4 is 11.1 Å². The molecule has 1 aliphatic carbocycles. The van der Waals surface area contributed by atoms with Crippen LogP contribution in [0.2, 0.25) is 0 Å². The summed E-state index contributed by atoms with van der Waals surface area (Å²) >= 11 is 0. The highest BCUT2D eigenvalue weighted by atomic mass is 32.2. The SMILES string of the molecule is CC(CC(C)(NC1CC1)C(N)=O)N1CCS(=O)(=O)CC1C. The third kappa shape index (κ3) is 4.17. The molecule has 0 aromatic carbocycles. The van der Waals surface area contributed by atoms with Gasteiger partial charge in [0.15, 0.2) is 9.84 Å². The maximum atomic E-state index is 11.8. The molecule has 0 aromatic rings. The highest BCUT2D eigenvalue weighted by Crippen LogP contribution is 2.27. The first kappa shape index (κ1) is 16.7. The molecule has 2 rings (SSSR count). The van der Waals surface area contributed by atoms with Gasteiger partial charge in [0.05, 0.1) is 17.0 Å². The van der Waals surface area contributed by atoms with Crippen LogP contribution in [0.1, 0.15) is 40.0 Å². The quantitative estimate of drug-likeness (QED) is 0.712. The zero-order valence-corrected chi connectivity index (χ0v) is 13.9. The number of nitrogens with two attached hydrogens (primary N) is 1. The fourth-order valence-corrected chi connectivity index (χ4v) is 4.87. The Morgan fingerprint density at radius 2 is 2.10 bits per heavy atom. The molecule has 0 radical (unpaired) electrons. The molecule has 3 unspecified atom stereocenters. The summed E-state index contributed by atoms with van der Waals surface area (Å²) in [6.07, 6.45) is 2.79. The Morgan fingerprint density at radius 3 is 2.57 bits per heavy atom. The molecule has 6 nitrogen and oxygen atoms in total. The molecule has 1 heterocycles. The zero-order valence-electron chi connectivity index (χ0n) is 13.1. The smallest absolute Gasteiger partial charge is 0.237 e. The topological polar surface area (TPSA) is 92.5 Å². The molecular formula is C14H27N3O3S. The molecule has 3 N–H and O–H groups in total. The van der Waals surface area contributed by atoms with Gasteiger partial charge in [0.2, 0.25) is 5.91 Å². The fraction of sp³-hybridized carbons (Fsp3) is 0.929. The molecule has 1 amide bonds. The number of nitrogens with one attached hydrogen (secondary N) is 1. The largest absolute Gasteiger partial charge is 0.368 e. The van der Waals surface area contributed by atoms with Gasteiger partial charge < -0.3 is 11.1 Å². The highest BCUT2D eigenvalue weighted by molar-refractivity contribution is 7.91. The number of carbonyl (C=O) groups excluding carboxylic acids is 1. The summed E-state index contributed by atoms with van der Waals surface area (Å²) in [5, 5.41) is 3.35. The number of hydrogen-bond acceptors (Lipinski definition) is 5. The molecule has 7 heteroatoms. The lowest BCUT2D eigenvalue weighted by molar-refractivity contribution is -0.124. The molecule has 2 fully saturated rings. The minimum atomic E-state index is -2.92. The maximum Gasteiger partial charge on any atom is 0.237 e. The minimum absolute atomic E-state index is 0.0169. The van der Waals surface area contributed by atoms with E-state index in [0.29, 0.717) is 19.0 Å². The Hall–Kier alpha value is -0.660. The molecule has 122 valence electrons. The second-order valence-electron chi connectivity index (χ2n) is 6.87. The highest BCUT2D eigenvalue weighted by Gasteiger charge is 2.40. The number of sulfone groups is 1. The van der Waals surface area contributed by atoms with Crippen molar-refractivity contribution in [3.63, 3.8) is 0 Å². The lowest BCUT2D eigenvalue weighted by atomic mass is 9.91. The van der Waals surface area contributed by atoms with Gasteiger partial charge in [-0.25, -0.2) is 8.42 Å². The molecule has 0 bridgehead atoms. The number of nitrogens with zero attached hydrogens (tertiary/aromatic N) is 1. The van der Waals surface area contributed by atoms with E-state index in [-0.39, 0.29) is 29.5 Å². The number of carbonyl (C=O) groups is 1. The van der Waals surface area contributed by atoms with Crippen LogP contribution in [0.3, 0.4) is 0 Å². The second kappa shape index (κ2) is 5.85. The summed E-state index contributed by atoms with van der Waals surface area (Å²) in [5.74, 6) is 0.0599. The van der Waals surface area contributed by atoms with Crippen molar-refractivity contribution in [2.24, 2.45) is 5.73 Å². The molecule has 3 atom stereocenters. The summed E-state index contributed by atoms with van der Waals surface area (Å²) in [5.41, 5.74) is 4.86. The number of primary amides is 1. The Labute approximate surface area is 127 Å². The van der Waals surface area contributed by atoms with Gasteiger partial charge in [0.1, 0.15) is 0 Å². The zero-order chi connectivity index (χ0) is 15.8. The lowest BCUT2D eigenvalue weighted by Gasteiger charge is -2.41. The average Bonchev–Trinajstić information content (AvgIpc) is 3.10. The lowest BCUT2D eigenvalue weighted by Crippen LogP contribution is -2.59. The van der Waals surface area contributed by atoms with Crippen molar-refractivity contribution in [3.8, 4) is 0 Å². The molecule has 0 aromatic heterocycles. The van der Waals surface area contributed by atoms with E-state index >= 15 is 0 Å². The van der Waals surface area contributed by atoms with Crippen molar-refractivity contribution in [1.29, 1.82) is 0 Å². The third-order valence-electron chi connectivity index (χ3n) is 4.64. The molecular weight excluding hydrogens is 290 g/mol. The summed E-state index contributed by atoms with van der Waals surface area (Å²) in [7, 11) is -2.92. The van der Waals surface area contributed by atoms with Crippen molar-refractivity contribution < 1.29 is 13.2 Å². The maximum absolute atomic E-state index is 11.8. The summed E-state index contributed by atoms with van der Waals surface area (Å²) in [6.45, 7) is 6.37. The molecule has 0 spiro atoms. The van der Waals surface area contributed by atoms with Gasteiger partial charge in [0.25, 0.3) is 0 Å². The van der Waals surface area contributed by atoms with Crippen LogP contribution in [-0.2, 0) is 14.6 Å². The number of amides is 1. The predicted molar refractivity (Wildman–Crippen MR) is 82.7 cm³/mol. The van der Waals surface area contributed by atoms with Gasteiger partial charge in [-0.15, -0.1) is 0 Å². The second-order valence-corrected chi connectivity index (χ2v) is 9.10. The average molecular weight is 317 g/mol.